The van der Waals surface area contributed by atoms with Crippen molar-refractivity contribution in [1.82, 2.24) is 10.2 Å². The van der Waals surface area contributed by atoms with Gasteiger partial charge in [0, 0.05) is 55.7 Å². The van der Waals surface area contributed by atoms with Crippen LogP contribution in [0.4, 0.5) is 11.4 Å². The third kappa shape index (κ3) is 7.13. The van der Waals surface area contributed by atoms with Crippen molar-refractivity contribution in [3.05, 3.63) is 93.5 Å². The van der Waals surface area contributed by atoms with Crippen molar-refractivity contribution in [3.63, 3.8) is 0 Å². The number of nitrogens with one attached hydrogen (secondary N) is 2. The second-order valence-corrected chi connectivity index (χ2v) is 11.2. The third-order valence-electron chi connectivity index (χ3n) is 7.58. The van der Waals surface area contributed by atoms with E-state index in [0.29, 0.717) is 26.9 Å². The lowest BCUT2D eigenvalue weighted by molar-refractivity contribution is 0.0927. The van der Waals surface area contributed by atoms with E-state index in [1.807, 2.05) is 18.2 Å². The molecule has 6 nitrogen and oxygen atoms in total. The summed E-state index contributed by atoms with van der Waals surface area (Å²) in [6, 6.07) is 21.1. The largest absolute Gasteiger partial charge is 0.368 e. The van der Waals surface area contributed by atoms with Crippen molar-refractivity contribution in [2.75, 3.05) is 36.4 Å². The minimum Gasteiger partial charge on any atom is -0.368 e. The first-order valence-corrected chi connectivity index (χ1v) is 14.4. The molecule has 0 aromatic heterocycles. The summed E-state index contributed by atoms with van der Waals surface area (Å²) >= 11 is 12.1. The van der Waals surface area contributed by atoms with Crippen molar-refractivity contribution in [3.8, 4) is 0 Å². The maximum absolute atomic E-state index is 13.6. The summed E-state index contributed by atoms with van der Waals surface area (Å²) in [6.07, 6.45) is 5.52. The van der Waals surface area contributed by atoms with E-state index in [0.717, 1.165) is 64.1 Å². The molecule has 0 atom stereocenters. The van der Waals surface area contributed by atoms with E-state index in [-0.39, 0.29) is 17.9 Å². The average Bonchev–Trinajstić information content (AvgIpc) is 2.96. The molecule has 2 fully saturated rings. The summed E-state index contributed by atoms with van der Waals surface area (Å²) in [5.41, 5.74) is 3.75. The number of rotatable bonds is 7. The number of carbonyl (C=O) groups excluding carboxylic acids is 2. The van der Waals surface area contributed by atoms with Crippen molar-refractivity contribution < 1.29 is 9.59 Å². The molecule has 0 unspecified atom stereocenters. The minimum atomic E-state index is -0.311. The van der Waals surface area contributed by atoms with Gasteiger partial charge in [0.1, 0.15) is 0 Å². The molecule has 39 heavy (non-hydrogen) atoms. The molecule has 1 saturated carbocycles. The molecule has 5 rings (SSSR count). The number of anilines is 2. The van der Waals surface area contributed by atoms with Crippen LogP contribution >= 0.6 is 23.2 Å². The minimum absolute atomic E-state index is 0.0887. The zero-order chi connectivity index (χ0) is 27.2. The van der Waals surface area contributed by atoms with Crippen molar-refractivity contribution in [2.45, 2.75) is 44.7 Å². The number of benzene rings is 3. The Morgan fingerprint density at radius 1 is 0.795 bits per heavy atom. The summed E-state index contributed by atoms with van der Waals surface area (Å²) in [6.45, 7) is 4.39. The SMILES string of the molecule is O=C(Nc1ccc(N2CCN(Cc3ccccc3)CC2)c(C(=O)NC2CCCCC2)c1)c1ccc(Cl)c(Cl)c1. The van der Waals surface area contributed by atoms with Crippen LogP contribution in [-0.2, 0) is 6.54 Å². The predicted molar refractivity (Wildman–Crippen MR) is 159 cm³/mol. The molecule has 2 N–H and O–H groups in total. The smallest absolute Gasteiger partial charge is 0.255 e. The molecule has 1 heterocycles. The quantitative estimate of drug-likeness (QED) is 0.338. The molecule has 0 radical (unpaired) electrons. The first-order chi connectivity index (χ1) is 19.0. The Morgan fingerprint density at radius 3 is 2.26 bits per heavy atom. The van der Waals surface area contributed by atoms with Gasteiger partial charge in [0.2, 0.25) is 0 Å². The van der Waals surface area contributed by atoms with E-state index in [4.69, 9.17) is 23.2 Å². The normalized spacial score (nSPS) is 16.6. The topological polar surface area (TPSA) is 64.7 Å². The lowest BCUT2D eigenvalue weighted by Crippen LogP contribution is -2.46. The van der Waals surface area contributed by atoms with Crippen molar-refractivity contribution in [1.29, 1.82) is 0 Å². The molecule has 0 spiro atoms. The molecule has 1 saturated heterocycles. The molecular formula is C31H34Cl2N4O2. The lowest BCUT2D eigenvalue weighted by atomic mass is 9.95. The summed E-state index contributed by atoms with van der Waals surface area (Å²) in [7, 11) is 0. The van der Waals surface area contributed by atoms with Gasteiger partial charge in [-0.25, -0.2) is 0 Å². The van der Waals surface area contributed by atoms with E-state index < -0.39 is 0 Å². The van der Waals surface area contributed by atoms with Crippen LogP contribution in [0.15, 0.2) is 66.7 Å². The van der Waals surface area contributed by atoms with Gasteiger partial charge in [-0.15, -0.1) is 0 Å². The molecule has 1 aliphatic heterocycles. The molecule has 3 aromatic rings. The standard InChI is InChI=1S/C31H34Cl2N4O2/c32-27-13-11-23(19-28(27)33)30(38)35-25-12-14-29(26(20-25)31(39)34-24-9-5-2-6-10-24)37-17-15-36(16-18-37)21-22-7-3-1-4-8-22/h1,3-4,7-8,11-14,19-20,24H,2,5-6,9-10,15-18,21H2,(H,34,39)(H,35,38). The Labute approximate surface area is 240 Å². The number of hydrogen-bond donors (Lipinski definition) is 2. The van der Waals surface area contributed by atoms with Crippen LogP contribution in [0.25, 0.3) is 0 Å². The second kappa shape index (κ2) is 12.9. The predicted octanol–water partition coefficient (Wildman–Crippen LogP) is 6.63. The van der Waals surface area contributed by atoms with Crippen LogP contribution in [0.3, 0.4) is 0 Å². The highest BCUT2D eigenvalue weighted by Gasteiger charge is 2.24. The van der Waals surface area contributed by atoms with Gasteiger partial charge in [-0.2, -0.15) is 0 Å². The Hall–Kier alpha value is -3.06. The third-order valence-corrected chi connectivity index (χ3v) is 8.32. The maximum atomic E-state index is 13.6. The first-order valence-electron chi connectivity index (χ1n) is 13.7. The number of piperazine rings is 1. The summed E-state index contributed by atoms with van der Waals surface area (Å²) in [5, 5.41) is 6.89. The monoisotopic (exact) mass is 564 g/mol. The van der Waals surface area contributed by atoms with Crippen LogP contribution in [0.1, 0.15) is 58.4 Å². The number of halogens is 2. The Morgan fingerprint density at radius 2 is 1.54 bits per heavy atom. The van der Waals surface area contributed by atoms with Crippen LogP contribution in [0.2, 0.25) is 10.0 Å². The number of hydrogen-bond acceptors (Lipinski definition) is 4. The molecule has 2 amide bonds. The van der Waals surface area contributed by atoms with Crippen LogP contribution in [0.5, 0.6) is 0 Å². The van der Waals surface area contributed by atoms with Crippen LogP contribution in [0, 0.1) is 0 Å². The highest BCUT2D eigenvalue weighted by Crippen LogP contribution is 2.28. The lowest BCUT2D eigenvalue weighted by Gasteiger charge is -2.37. The van der Waals surface area contributed by atoms with Gasteiger partial charge in [0.15, 0.2) is 0 Å². The zero-order valence-electron chi connectivity index (χ0n) is 22.0. The van der Waals surface area contributed by atoms with E-state index in [9.17, 15) is 9.59 Å². The van der Waals surface area contributed by atoms with Crippen LogP contribution < -0.4 is 15.5 Å². The second-order valence-electron chi connectivity index (χ2n) is 10.4. The van der Waals surface area contributed by atoms with Crippen LogP contribution in [-0.4, -0.2) is 48.9 Å². The maximum Gasteiger partial charge on any atom is 0.255 e. The van der Waals surface area contributed by atoms with Gasteiger partial charge in [-0.3, -0.25) is 14.5 Å². The molecule has 8 heteroatoms. The summed E-state index contributed by atoms with van der Waals surface area (Å²) < 4.78 is 0. The van der Waals surface area contributed by atoms with Crippen molar-refractivity contribution >= 4 is 46.4 Å². The Bertz CT molecular complexity index is 1300. The van der Waals surface area contributed by atoms with E-state index >= 15 is 0 Å². The van der Waals surface area contributed by atoms with Gasteiger partial charge < -0.3 is 15.5 Å². The van der Waals surface area contributed by atoms with Gasteiger partial charge >= 0.3 is 0 Å². The summed E-state index contributed by atoms with van der Waals surface area (Å²) in [5.74, 6) is -0.399. The molecule has 1 aliphatic carbocycles. The highest BCUT2D eigenvalue weighted by atomic mass is 35.5. The molecule has 0 bridgehead atoms. The number of carbonyl (C=O) groups is 2. The first kappa shape index (κ1) is 27.5. The van der Waals surface area contributed by atoms with Gasteiger partial charge in [0.05, 0.1) is 15.6 Å². The Kier molecular flexibility index (Phi) is 9.07. The Balaban J connectivity index is 1.33. The average molecular weight is 566 g/mol. The van der Waals surface area contributed by atoms with Crippen molar-refractivity contribution in [2.24, 2.45) is 0 Å². The fraction of sp³-hybridized carbons (Fsp3) is 0.355. The zero-order valence-corrected chi connectivity index (χ0v) is 23.5. The molecular weight excluding hydrogens is 531 g/mol. The van der Waals surface area contributed by atoms with Gasteiger partial charge in [-0.05, 0) is 54.8 Å². The molecule has 3 aromatic carbocycles. The highest BCUT2D eigenvalue weighted by molar-refractivity contribution is 6.42. The number of nitrogens with zero attached hydrogens (tertiary/aromatic N) is 2. The van der Waals surface area contributed by atoms with Gasteiger partial charge in [0.25, 0.3) is 11.8 Å². The number of amides is 2. The molecule has 2 aliphatic rings. The fourth-order valence-electron chi connectivity index (χ4n) is 5.41. The summed E-state index contributed by atoms with van der Waals surface area (Å²) in [4.78, 5) is 31.2. The van der Waals surface area contributed by atoms with E-state index in [1.165, 1.54) is 12.0 Å². The fourth-order valence-corrected chi connectivity index (χ4v) is 5.71. The van der Waals surface area contributed by atoms with E-state index in [2.05, 4.69) is 44.7 Å². The molecule has 204 valence electrons. The van der Waals surface area contributed by atoms with Gasteiger partial charge in [-0.1, -0.05) is 72.8 Å². The van der Waals surface area contributed by atoms with E-state index in [1.54, 1.807) is 24.3 Å².